The summed E-state index contributed by atoms with van der Waals surface area (Å²) in [5.74, 6) is -0.322. The molecule has 2 amide bonds. The van der Waals surface area contributed by atoms with Gasteiger partial charge >= 0.3 is 0 Å². The van der Waals surface area contributed by atoms with E-state index in [1.807, 2.05) is 57.2 Å². The Labute approximate surface area is 290 Å². The Morgan fingerprint density at radius 2 is 1.55 bits per heavy atom. The molecule has 11 heteroatoms. The molecule has 248 valence electrons. The fourth-order valence-electron chi connectivity index (χ4n) is 4.96. The molecule has 0 aliphatic heterocycles. The van der Waals surface area contributed by atoms with Crippen molar-refractivity contribution in [1.82, 2.24) is 10.2 Å². The second-order valence-electron chi connectivity index (χ2n) is 11.1. The van der Waals surface area contributed by atoms with E-state index in [-0.39, 0.29) is 35.5 Å². The number of halogens is 2. The van der Waals surface area contributed by atoms with Gasteiger partial charge in [-0.2, -0.15) is 0 Å². The lowest BCUT2D eigenvalue weighted by atomic mass is 10.0. The first-order valence-corrected chi connectivity index (χ1v) is 18.0. The number of ether oxygens (including phenoxy) is 1. The zero-order chi connectivity index (χ0) is 34.0. The van der Waals surface area contributed by atoms with Crippen molar-refractivity contribution < 1.29 is 22.7 Å². The highest BCUT2D eigenvalue weighted by molar-refractivity contribution is 9.10. The summed E-state index contributed by atoms with van der Waals surface area (Å²) >= 11 is 9.68. The second-order valence-corrected chi connectivity index (χ2v) is 14.3. The highest BCUT2D eigenvalue weighted by Gasteiger charge is 2.35. The Morgan fingerprint density at radius 1 is 0.894 bits per heavy atom. The first-order chi connectivity index (χ1) is 22.5. The van der Waals surface area contributed by atoms with Crippen LogP contribution in [0.4, 0.5) is 5.69 Å². The molecular weight excluding hydrogens is 702 g/mol. The lowest BCUT2D eigenvalue weighted by Gasteiger charge is -2.34. The van der Waals surface area contributed by atoms with Gasteiger partial charge in [-0.1, -0.05) is 76.9 Å². The summed E-state index contributed by atoms with van der Waals surface area (Å²) < 4.78 is 35.8. The minimum atomic E-state index is -4.23. The zero-order valence-electron chi connectivity index (χ0n) is 26.6. The normalized spacial score (nSPS) is 12.5. The van der Waals surface area contributed by atoms with E-state index in [1.165, 1.54) is 17.0 Å². The maximum absolute atomic E-state index is 14.6. The number of benzene rings is 4. The summed E-state index contributed by atoms with van der Waals surface area (Å²) in [5, 5.41) is 3.52. The van der Waals surface area contributed by atoms with Crippen LogP contribution in [-0.2, 0) is 32.6 Å². The number of carbonyl (C=O) groups excluding carboxylic acids is 2. The van der Waals surface area contributed by atoms with Crippen molar-refractivity contribution in [3.05, 3.63) is 124 Å². The Hall–Kier alpha value is -3.86. The summed E-state index contributed by atoms with van der Waals surface area (Å²) in [7, 11) is -4.23. The minimum Gasteiger partial charge on any atom is -0.494 e. The molecule has 0 radical (unpaired) electrons. The summed E-state index contributed by atoms with van der Waals surface area (Å²) in [6.07, 6.45) is 0.918. The van der Waals surface area contributed by atoms with Crippen molar-refractivity contribution in [1.29, 1.82) is 0 Å². The van der Waals surface area contributed by atoms with Crippen LogP contribution in [-0.4, -0.2) is 50.4 Å². The topological polar surface area (TPSA) is 96.0 Å². The molecule has 4 rings (SSSR count). The summed E-state index contributed by atoms with van der Waals surface area (Å²) in [5.41, 5.74) is 1.83. The predicted octanol–water partition coefficient (Wildman–Crippen LogP) is 7.25. The number of rotatable bonds is 15. The van der Waals surface area contributed by atoms with E-state index in [1.54, 1.807) is 54.6 Å². The molecule has 2 atom stereocenters. The third kappa shape index (κ3) is 9.82. The fourth-order valence-corrected chi connectivity index (χ4v) is 6.86. The van der Waals surface area contributed by atoms with Gasteiger partial charge in [-0.3, -0.25) is 13.9 Å². The molecule has 8 nitrogen and oxygen atoms in total. The number of nitrogens with one attached hydrogen (secondary N) is 1. The molecule has 0 saturated carbocycles. The van der Waals surface area contributed by atoms with Gasteiger partial charge in [-0.15, -0.1) is 0 Å². The van der Waals surface area contributed by atoms with Crippen molar-refractivity contribution >= 4 is 55.1 Å². The van der Waals surface area contributed by atoms with E-state index < -0.39 is 28.5 Å². The molecular formula is C36H39BrClN3O5S. The highest BCUT2D eigenvalue weighted by atomic mass is 79.9. The molecule has 47 heavy (non-hydrogen) atoms. The largest absolute Gasteiger partial charge is 0.494 e. The minimum absolute atomic E-state index is 0.0131. The van der Waals surface area contributed by atoms with Crippen LogP contribution in [0.25, 0.3) is 0 Å². The lowest BCUT2D eigenvalue weighted by Crippen LogP contribution is -2.54. The van der Waals surface area contributed by atoms with Gasteiger partial charge in [0.05, 0.1) is 17.2 Å². The molecule has 0 saturated heterocycles. The predicted molar refractivity (Wildman–Crippen MR) is 190 cm³/mol. The average molecular weight is 741 g/mol. The fraction of sp³-hybridized carbons (Fsp3) is 0.278. The maximum Gasteiger partial charge on any atom is 0.264 e. The van der Waals surface area contributed by atoms with Crippen LogP contribution in [0.2, 0.25) is 5.02 Å². The highest BCUT2D eigenvalue weighted by Crippen LogP contribution is 2.28. The molecule has 4 aromatic carbocycles. The maximum atomic E-state index is 14.6. The number of sulfonamides is 1. The third-order valence-corrected chi connectivity index (χ3v) is 10.2. The molecule has 0 spiro atoms. The van der Waals surface area contributed by atoms with Gasteiger partial charge in [0, 0.05) is 28.5 Å². The quantitative estimate of drug-likeness (QED) is 0.139. The van der Waals surface area contributed by atoms with Gasteiger partial charge in [0.15, 0.2) is 0 Å². The standard InChI is InChI=1S/C36H39BrClN3O5S/c1-4-26(3)39-36(43)34(23-27-10-7-6-8-11-27)40(24-28-12-9-13-30(38)22-28)35(42)25-41(31-16-18-32(19-17-31)46-5-2)47(44,45)33-20-14-29(37)15-21-33/h6-22,26,34H,4-5,23-25H2,1-3H3,(H,39,43)/t26-,34-/m1/s1. The van der Waals surface area contributed by atoms with E-state index in [4.69, 9.17) is 16.3 Å². The SMILES string of the molecule is CCOc1ccc(N(CC(=O)N(Cc2cccc(Cl)c2)[C@H](Cc2ccccc2)C(=O)N[C@H](C)CC)S(=O)(=O)c2ccc(Br)cc2)cc1. The second kappa shape index (κ2) is 16.8. The lowest BCUT2D eigenvalue weighted by molar-refractivity contribution is -0.140. The Kier molecular flexibility index (Phi) is 12.9. The van der Waals surface area contributed by atoms with Crippen LogP contribution >= 0.6 is 27.5 Å². The van der Waals surface area contributed by atoms with Gasteiger partial charge in [0.25, 0.3) is 10.0 Å². The van der Waals surface area contributed by atoms with E-state index in [0.29, 0.717) is 33.8 Å². The number of anilines is 1. The molecule has 0 aliphatic carbocycles. The van der Waals surface area contributed by atoms with E-state index in [9.17, 15) is 18.0 Å². The van der Waals surface area contributed by atoms with Gasteiger partial charge in [0.1, 0.15) is 18.3 Å². The van der Waals surface area contributed by atoms with Gasteiger partial charge < -0.3 is 15.0 Å². The Balaban J connectivity index is 1.81. The smallest absolute Gasteiger partial charge is 0.264 e. The molecule has 0 bridgehead atoms. The summed E-state index contributed by atoms with van der Waals surface area (Å²) in [4.78, 5) is 30.0. The number of amides is 2. The van der Waals surface area contributed by atoms with Gasteiger partial charge in [-0.25, -0.2) is 8.42 Å². The zero-order valence-corrected chi connectivity index (χ0v) is 29.8. The Bertz CT molecular complexity index is 1740. The number of nitrogens with zero attached hydrogens (tertiary/aromatic N) is 2. The molecule has 0 unspecified atom stereocenters. The van der Waals surface area contributed by atoms with Crippen LogP contribution in [0, 0.1) is 0 Å². The van der Waals surface area contributed by atoms with Crippen LogP contribution in [0.3, 0.4) is 0 Å². The molecule has 0 fully saturated rings. The van der Waals surface area contributed by atoms with Gasteiger partial charge in [0.2, 0.25) is 11.8 Å². The summed E-state index contributed by atoms with van der Waals surface area (Å²) in [6, 6.07) is 28.2. The van der Waals surface area contributed by atoms with Crippen molar-refractivity contribution in [2.75, 3.05) is 17.5 Å². The van der Waals surface area contributed by atoms with Crippen LogP contribution in [0.5, 0.6) is 5.75 Å². The van der Waals surface area contributed by atoms with Crippen molar-refractivity contribution in [2.45, 2.75) is 57.1 Å². The van der Waals surface area contributed by atoms with Gasteiger partial charge in [-0.05, 0) is 92.1 Å². The van der Waals surface area contributed by atoms with Crippen LogP contribution in [0.15, 0.2) is 112 Å². The number of hydrogen-bond acceptors (Lipinski definition) is 5. The van der Waals surface area contributed by atoms with Crippen LogP contribution in [0.1, 0.15) is 38.3 Å². The van der Waals surface area contributed by atoms with E-state index >= 15 is 0 Å². The number of hydrogen-bond donors (Lipinski definition) is 1. The third-order valence-electron chi connectivity index (χ3n) is 7.63. The van der Waals surface area contributed by atoms with Crippen molar-refractivity contribution in [3.63, 3.8) is 0 Å². The monoisotopic (exact) mass is 739 g/mol. The molecule has 1 N–H and O–H groups in total. The first kappa shape index (κ1) is 36.0. The first-order valence-electron chi connectivity index (χ1n) is 15.4. The van der Waals surface area contributed by atoms with E-state index in [2.05, 4.69) is 21.2 Å². The number of carbonyl (C=O) groups is 2. The molecule has 0 aromatic heterocycles. The molecule has 0 aliphatic rings. The average Bonchev–Trinajstić information content (AvgIpc) is 3.06. The summed E-state index contributed by atoms with van der Waals surface area (Å²) in [6.45, 7) is 5.63. The molecule has 0 heterocycles. The molecule has 4 aromatic rings. The van der Waals surface area contributed by atoms with Crippen LogP contribution < -0.4 is 14.4 Å². The van der Waals surface area contributed by atoms with E-state index in [0.717, 1.165) is 9.87 Å². The Morgan fingerprint density at radius 3 is 2.17 bits per heavy atom. The van der Waals surface area contributed by atoms with Crippen molar-refractivity contribution in [2.24, 2.45) is 0 Å². The van der Waals surface area contributed by atoms with Crippen molar-refractivity contribution in [3.8, 4) is 5.75 Å².